The van der Waals surface area contributed by atoms with Gasteiger partial charge in [0.15, 0.2) is 0 Å². The predicted octanol–water partition coefficient (Wildman–Crippen LogP) is 2.94. The molecule has 2 aliphatic rings. The number of aryl methyl sites for hydroxylation is 1. The molecule has 0 spiro atoms. The summed E-state index contributed by atoms with van der Waals surface area (Å²) in [6.45, 7) is 7.00. The van der Waals surface area contributed by atoms with Crippen LogP contribution >= 0.6 is 0 Å². The number of hydrogen-bond donors (Lipinski definition) is 1. The normalized spacial score (nSPS) is 16.5. The first-order valence-corrected chi connectivity index (χ1v) is 15.1. The highest BCUT2D eigenvalue weighted by molar-refractivity contribution is 7.89. The minimum atomic E-state index is -3.89. The molecular weight excluding hydrogens is 543 g/mol. The number of hydrogen-bond acceptors (Lipinski definition) is 7. The number of benzene rings is 3. The number of nitrogens with zero attached hydrogens (tertiary/aromatic N) is 5. The van der Waals surface area contributed by atoms with Gasteiger partial charge in [0.1, 0.15) is 16.8 Å². The third-order valence-electron chi connectivity index (χ3n) is 7.87. The number of anilines is 2. The van der Waals surface area contributed by atoms with Crippen molar-refractivity contribution in [1.29, 1.82) is 5.26 Å². The van der Waals surface area contributed by atoms with E-state index in [4.69, 9.17) is 5.14 Å². The number of para-hydroxylation sites is 2. The van der Waals surface area contributed by atoms with Gasteiger partial charge in [0.2, 0.25) is 10.0 Å². The van der Waals surface area contributed by atoms with Gasteiger partial charge in [-0.15, -0.1) is 0 Å². The second-order valence-electron chi connectivity index (χ2n) is 10.4. The molecule has 2 N–H and O–H groups in total. The molecule has 214 valence electrons. The van der Waals surface area contributed by atoms with E-state index in [9.17, 15) is 18.5 Å². The summed E-state index contributed by atoms with van der Waals surface area (Å²) in [5.41, 5.74) is 3.84. The molecule has 0 saturated carbocycles. The number of carbonyl (C=O) groups is 1. The van der Waals surface area contributed by atoms with E-state index < -0.39 is 15.8 Å². The summed E-state index contributed by atoms with van der Waals surface area (Å²) in [5.74, 6) is -0.919. The highest BCUT2D eigenvalue weighted by Crippen LogP contribution is 2.27. The summed E-state index contributed by atoms with van der Waals surface area (Å²) in [5, 5.41) is 14.8. The van der Waals surface area contributed by atoms with Crippen molar-refractivity contribution in [1.82, 2.24) is 9.80 Å². The molecule has 0 aromatic heterocycles. The summed E-state index contributed by atoms with van der Waals surface area (Å²) in [6.07, 6.45) is 0. The first kappa shape index (κ1) is 28.5. The Morgan fingerprint density at radius 1 is 0.902 bits per heavy atom. The van der Waals surface area contributed by atoms with E-state index in [-0.39, 0.29) is 16.4 Å². The molecule has 1 amide bonds. The fourth-order valence-corrected chi connectivity index (χ4v) is 6.32. The lowest BCUT2D eigenvalue weighted by atomic mass is 10.0. The summed E-state index contributed by atoms with van der Waals surface area (Å²) in [4.78, 5) is 21.4. The molecule has 2 heterocycles. The standard InChI is InChI=1S/C30H33FN6O3S/c1-22-18-26(31)25(19-24(22)21-34-10-12-35(13-11-34)27-7-3-2-6-23(27)20-32)30(38)37-16-14-36(15-17-37)28-8-4-5-9-29(28)41(33,39)40/h2-9,18-19H,10-17,21H2,1H3,(H2,33,39,40). The minimum absolute atomic E-state index is 0.0455. The van der Waals surface area contributed by atoms with Gasteiger partial charge in [0, 0.05) is 58.9 Å². The lowest BCUT2D eigenvalue weighted by Crippen LogP contribution is -2.49. The summed E-state index contributed by atoms with van der Waals surface area (Å²) >= 11 is 0. The number of amides is 1. The zero-order valence-corrected chi connectivity index (χ0v) is 23.8. The largest absolute Gasteiger partial charge is 0.368 e. The number of sulfonamides is 1. The van der Waals surface area contributed by atoms with Crippen LogP contribution in [0.1, 0.15) is 27.0 Å². The minimum Gasteiger partial charge on any atom is -0.368 e. The Bertz CT molecular complexity index is 1590. The second-order valence-corrected chi connectivity index (χ2v) is 12.0. The van der Waals surface area contributed by atoms with Gasteiger partial charge in [0.05, 0.1) is 22.5 Å². The molecule has 5 rings (SSSR count). The molecule has 2 aliphatic heterocycles. The van der Waals surface area contributed by atoms with Crippen LogP contribution in [0.5, 0.6) is 0 Å². The lowest BCUT2D eigenvalue weighted by molar-refractivity contribution is 0.0741. The molecule has 0 radical (unpaired) electrons. The maximum absolute atomic E-state index is 15.1. The van der Waals surface area contributed by atoms with E-state index in [1.165, 1.54) is 12.1 Å². The van der Waals surface area contributed by atoms with Crippen molar-refractivity contribution in [3.05, 3.63) is 88.7 Å². The van der Waals surface area contributed by atoms with Gasteiger partial charge in [-0.3, -0.25) is 9.69 Å². The van der Waals surface area contributed by atoms with Crippen LogP contribution < -0.4 is 14.9 Å². The second kappa shape index (κ2) is 11.9. The Labute approximate surface area is 240 Å². The Hall–Kier alpha value is -3.98. The third-order valence-corrected chi connectivity index (χ3v) is 8.83. The van der Waals surface area contributed by atoms with Crippen molar-refractivity contribution in [3.63, 3.8) is 0 Å². The Balaban J connectivity index is 1.24. The Morgan fingerprint density at radius 2 is 1.49 bits per heavy atom. The molecule has 41 heavy (non-hydrogen) atoms. The van der Waals surface area contributed by atoms with Crippen LogP contribution in [-0.4, -0.2) is 76.5 Å². The first-order valence-electron chi connectivity index (χ1n) is 13.6. The van der Waals surface area contributed by atoms with Crippen molar-refractivity contribution in [2.24, 2.45) is 5.14 Å². The number of piperazine rings is 2. The average molecular weight is 577 g/mol. The third kappa shape index (κ3) is 6.20. The van der Waals surface area contributed by atoms with Crippen LogP contribution in [0.25, 0.3) is 0 Å². The van der Waals surface area contributed by atoms with Crippen molar-refractivity contribution < 1.29 is 17.6 Å². The number of nitrogens with two attached hydrogens (primary N) is 1. The van der Waals surface area contributed by atoms with E-state index >= 15 is 4.39 Å². The van der Waals surface area contributed by atoms with Gasteiger partial charge in [-0.05, 0) is 54.4 Å². The van der Waals surface area contributed by atoms with Gasteiger partial charge in [-0.2, -0.15) is 5.26 Å². The number of nitriles is 1. The van der Waals surface area contributed by atoms with Gasteiger partial charge in [-0.1, -0.05) is 24.3 Å². The van der Waals surface area contributed by atoms with Gasteiger partial charge >= 0.3 is 0 Å². The van der Waals surface area contributed by atoms with Crippen LogP contribution in [0.2, 0.25) is 0 Å². The Kier molecular flexibility index (Phi) is 8.26. The predicted molar refractivity (Wildman–Crippen MR) is 156 cm³/mol. The SMILES string of the molecule is Cc1cc(F)c(C(=O)N2CCN(c3ccccc3S(N)(=O)=O)CC2)cc1CN1CCN(c2ccccc2C#N)CC1. The summed E-state index contributed by atoms with van der Waals surface area (Å²) < 4.78 is 39.1. The zero-order chi connectivity index (χ0) is 29.1. The maximum atomic E-state index is 15.1. The highest BCUT2D eigenvalue weighted by Gasteiger charge is 2.28. The first-order chi connectivity index (χ1) is 19.7. The van der Waals surface area contributed by atoms with E-state index in [0.717, 1.165) is 43.0 Å². The molecule has 2 fully saturated rings. The van der Waals surface area contributed by atoms with Crippen LogP contribution in [0.4, 0.5) is 15.8 Å². The zero-order valence-electron chi connectivity index (χ0n) is 23.0. The molecule has 0 unspecified atom stereocenters. The molecule has 0 aliphatic carbocycles. The smallest absolute Gasteiger partial charge is 0.256 e. The van der Waals surface area contributed by atoms with Crippen molar-refractivity contribution in [2.45, 2.75) is 18.4 Å². The number of halogens is 1. The summed E-state index contributed by atoms with van der Waals surface area (Å²) in [7, 11) is -3.89. The monoisotopic (exact) mass is 576 g/mol. The molecule has 2 saturated heterocycles. The average Bonchev–Trinajstić information content (AvgIpc) is 2.98. The number of rotatable bonds is 6. The van der Waals surface area contributed by atoms with Crippen LogP contribution in [0.15, 0.2) is 65.6 Å². The van der Waals surface area contributed by atoms with E-state index in [0.29, 0.717) is 44.0 Å². The molecule has 0 atom stereocenters. The van der Waals surface area contributed by atoms with Crippen LogP contribution in [-0.2, 0) is 16.6 Å². The lowest BCUT2D eigenvalue weighted by Gasteiger charge is -2.37. The van der Waals surface area contributed by atoms with Crippen LogP contribution in [0.3, 0.4) is 0 Å². The number of primary sulfonamides is 1. The van der Waals surface area contributed by atoms with Crippen molar-refractivity contribution in [2.75, 3.05) is 62.2 Å². The topological polar surface area (TPSA) is 114 Å². The van der Waals surface area contributed by atoms with Gasteiger partial charge in [0.25, 0.3) is 5.91 Å². The molecule has 3 aromatic rings. The Morgan fingerprint density at radius 3 is 2.15 bits per heavy atom. The van der Waals surface area contributed by atoms with Crippen molar-refractivity contribution in [3.8, 4) is 6.07 Å². The maximum Gasteiger partial charge on any atom is 0.256 e. The molecule has 9 nitrogen and oxygen atoms in total. The summed E-state index contributed by atoms with van der Waals surface area (Å²) in [6, 6.07) is 19.5. The van der Waals surface area contributed by atoms with E-state index in [1.54, 1.807) is 29.2 Å². The van der Waals surface area contributed by atoms with Crippen LogP contribution in [0, 0.1) is 24.1 Å². The molecule has 0 bridgehead atoms. The molecular formula is C30H33FN6O3S. The van der Waals surface area contributed by atoms with Crippen molar-refractivity contribution >= 4 is 27.3 Å². The van der Waals surface area contributed by atoms with Gasteiger partial charge in [-0.25, -0.2) is 17.9 Å². The fourth-order valence-electron chi connectivity index (χ4n) is 5.56. The van der Waals surface area contributed by atoms with Gasteiger partial charge < -0.3 is 14.7 Å². The molecule has 3 aromatic carbocycles. The highest BCUT2D eigenvalue weighted by atomic mass is 32.2. The van der Waals surface area contributed by atoms with E-state index in [2.05, 4.69) is 15.9 Å². The number of carbonyl (C=O) groups excluding carboxylic acids is 1. The van der Waals surface area contributed by atoms with E-state index in [1.807, 2.05) is 36.1 Å². The quantitative estimate of drug-likeness (QED) is 0.480. The molecule has 11 heteroatoms. The fraction of sp³-hybridized carbons (Fsp3) is 0.333.